The molecule has 0 atom stereocenters. The third kappa shape index (κ3) is 2.63. The van der Waals surface area contributed by atoms with Crippen LogP contribution in [0.15, 0.2) is 36.4 Å². The predicted molar refractivity (Wildman–Crippen MR) is 94.3 cm³/mol. The van der Waals surface area contributed by atoms with Gasteiger partial charge in [-0.3, -0.25) is 0 Å². The van der Waals surface area contributed by atoms with E-state index in [-0.39, 0.29) is 5.75 Å². The lowest BCUT2D eigenvalue weighted by molar-refractivity contribution is 0.474. The van der Waals surface area contributed by atoms with Crippen molar-refractivity contribution in [3.63, 3.8) is 0 Å². The van der Waals surface area contributed by atoms with Crippen molar-refractivity contribution in [2.45, 2.75) is 34.6 Å². The molecule has 1 heterocycles. The quantitative estimate of drug-likeness (QED) is 0.739. The molecule has 0 aliphatic heterocycles. The molecule has 1 N–H and O–H groups in total. The summed E-state index contributed by atoms with van der Waals surface area (Å²) >= 11 is 0. The van der Waals surface area contributed by atoms with Crippen LogP contribution >= 0.6 is 0 Å². The number of aromatic hydroxyl groups is 1. The first-order valence-corrected chi connectivity index (χ1v) is 7.82. The Morgan fingerprint density at radius 3 is 2.13 bits per heavy atom. The van der Waals surface area contributed by atoms with Gasteiger partial charge in [0.1, 0.15) is 5.75 Å². The van der Waals surface area contributed by atoms with Crippen molar-refractivity contribution < 1.29 is 5.11 Å². The van der Waals surface area contributed by atoms with Gasteiger partial charge in [-0.1, -0.05) is 23.8 Å². The van der Waals surface area contributed by atoms with E-state index in [0.29, 0.717) is 0 Å². The van der Waals surface area contributed by atoms with Gasteiger partial charge in [0.05, 0.1) is 11.4 Å². The molecule has 0 radical (unpaired) electrons. The number of phenolic OH excluding ortho intramolecular Hbond substituents is 1. The molecular formula is C20H22N2O. The molecule has 0 aliphatic rings. The number of hydrogen-bond acceptors (Lipinski definition) is 2. The fourth-order valence-corrected chi connectivity index (χ4v) is 3.46. The molecule has 118 valence electrons. The number of nitrogens with zero attached hydrogens (tertiary/aromatic N) is 2. The molecule has 3 aromatic rings. The van der Waals surface area contributed by atoms with Crippen LogP contribution in [0.1, 0.15) is 28.1 Å². The van der Waals surface area contributed by atoms with Crippen molar-refractivity contribution in [2.75, 3.05) is 0 Å². The van der Waals surface area contributed by atoms with Crippen LogP contribution in [0.3, 0.4) is 0 Å². The Balaban J connectivity index is 2.24. The third-order valence-electron chi connectivity index (χ3n) is 4.29. The van der Waals surface area contributed by atoms with E-state index in [0.717, 1.165) is 17.1 Å². The van der Waals surface area contributed by atoms with E-state index in [1.165, 1.54) is 27.8 Å². The van der Waals surface area contributed by atoms with E-state index in [1.807, 2.05) is 23.7 Å². The Morgan fingerprint density at radius 1 is 0.870 bits per heavy atom. The molecule has 0 spiro atoms. The summed E-state index contributed by atoms with van der Waals surface area (Å²) in [5, 5.41) is 14.4. The lowest BCUT2D eigenvalue weighted by atomic mass is 9.92. The second-order valence-electron chi connectivity index (χ2n) is 6.25. The number of phenols is 1. The molecule has 0 unspecified atom stereocenters. The fraction of sp³-hybridized carbons (Fsp3) is 0.250. The van der Waals surface area contributed by atoms with Crippen LogP contribution in [0, 0.1) is 34.6 Å². The van der Waals surface area contributed by atoms with E-state index in [2.05, 4.69) is 39.8 Å². The van der Waals surface area contributed by atoms with Crippen molar-refractivity contribution in [2.24, 2.45) is 0 Å². The van der Waals surface area contributed by atoms with Gasteiger partial charge in [0.15, 0.2) is 0 Å². The first-order chi connectivity index (χ1) is 10.9. The van der Waals surface area contributed by atoms with Crippen LogP contribution in [-0.4, -0.2) is 14.9 Å². The summed E-state index contributed by atoms with van der Waals surface area (Å²) in [5.74, 6) is 0.249. The minimum absolute atomic E-state index is 0.249. The third-order valence-corrected chi connectivity index (χ3v) is 4.29. The lowest BCUT2D eigenvalue weighted by Crippen LogP contribution is -1.99. The lowest BCUT2D eigenvalue weighted by Gasteiger charge is -2.12. The molecule has 23 heavy (non-hydrogen) atoms. The average molecular weight is 306 g/mol. The molecule has 3 nitrogen and oxygen atoms in total. The van der Waals surface area contributed by atoms with Gasteiger partial charge >= 0.3 is 0 Å². The van der Waals surface area contributed by atoms with Gasteiger partial charge in [-0.2, -0.15) is 5.10 Å². The Bertz CT molecular complexity index is 868. The highest BCUT2D eigenvalue weighted by molar-refractivity contribution is 5.75. The Kier molecular flexibility index (Phi) is 3.72. The summed E-state index contributed by atoms with van der Waals surface area (Å²) < 4.78 is 1.91. The van der Waals surface area contributed by atoms with Crippen LogP contribution in [0.25, 0.3) is 16.8 Å². The summed E-state index contributed by atoms with van der Waals surface area (Å²) in [7, 11) is 0. The number of benzene rings is 2. The van der Waals surface area contributed by atoms with Crippen molar-refractivity contribution >= 4 is 0 Å². The minimum Gasteiger partial charge on any atom is -0.508 e. The summed E-state index contributed by atoms with van der Waals surface area (Å²) in [5.41, 5.74) is 9.22. The van der Waals surface area contributed by atoms with E-state index >= 15 is 0 Å². The molecule has 0 amide bonds. The Morgan fingerprint density at radius 2 is 1.52 bits per heavy atom. The standard InChI is InChI=1S/C20H22N2O/c1-12-9-13(2)19(14(3)10-12)20-15(4)21-22(16(20)5)17-7-6-8-18(23)11-17/h6-11,23H,1-5H3. The van der Waals surface area contributed by atoms with Crippen molar-refractivity contribution in [3.8, 4) is 22.6 Å². The molecule has 2 aromatic carbocycles. The highest BCUT2D eigenvalue weighted by atomic mass is 16.3. The smallest absolute Gasteiger partial charge is 0.117 e. The average Bonchev–Trinajstić information content (AvgIpc) is 2.74. The zero-order valence-corrected chi connectivity index (χ0v) is 14.3. The molecule has 0 bridgehead atoms. The van der Waals surface area contributed by atoms with Crippen LogP contribution in [-0.2, 0) is 0 Å². The van der Waals surface area contributed by atoms with Gasteiger partial charge < -0.3 is 5.11 Å². The Labute approximate surface area is 137 Å². The predicted octanol–water partition coefficient (Wildman–Crippen LogP) is 4.79. The first-order valence-electron chi connectivity index (χ1n) is 7.82. The second-order valence-corrected chi connectivity index (χ2v) is 6.25. The van der Waals surface area contributed by atoms with Gasteiger partial charge in [-0.25, -0.2) is 4.68 Å². The van der Waals surface area contributed by atoms with Crippen LogP contribution < -0.4 is 0 Å². The zero-order valence-electron chi connectivity index (χ0n) is 14.3. The van der Waals surface area contributed by atoms with Crippen molar-refractivity contribution in [1.29, 1.82) is 0 Å². The highest BCUT2D eigenvalue weighted by Gasteiger charge is 2.18. The van der Waals surface area contributed by atoms with Crippen LogP contribution in [0.4, 0.5) is 0 Å². The van der Waals surface area contributed by atoms with Crippen molar-refractivity contribution in [3.05, 3.63) is 64.5 Å². The van der Waals surface area contributed by atoms with Gasteiger partial charge in [0, 0.05) is 17.3 Å². The fourth-order valence-electron chi connectivity index (χ4n) is 3.46. The summed E-state index contributed by atoms with van der Waals surface area (Å²) in [6.45, 7) is 10.6. The molecule has 0 saturated heterocycles. The summed E-state index contributed by atoms with van der Waals surface area (Å²) in [6, 6.07) is 11.6. The van der Waals surface area contributed by atoms with Crippen LogP contribution in [0.2, 0.25) is 0 Å². The van der Waals surface area contributed by atoms with Gasteiger partial charge in [0.2, 0.25) is 0 Å². The molecular weight excluding hydrogens is 284 g/mol. The van der Waals surface area contributed by atoms with E-state index in [1.54, 1.807) is 12.1 Å². The van der Waals surface area contributed by atoms with Crippen LogP contribution in [0.5, 0.6) is 5.75 Å². The van der Waals surface area contributed by atoms with Crippen molar-refractivity contribution in [1.82, 2.24) is 9.78 Å². The molecule has 0 saturated carbocycles. The second kappa shape index (κ2) is 5.58. The summed E-state index contributed by atoms with van der Waals surface area (Å²) in [4.78, 5) is 0. The van der Waals surface area contributed by atoms with Gasteiger partial charge in [-0.05, 0) is 63.4 Å². The molecule has 3 heteroatoms. The monoisotopic (exact) mass is 306 g/mol. The maximum Gasteiger partial charge on any atom is 0.117 e. The van der Waals surface area contributed by atoms with E-state index < -0.39 is 0 Å². The first kappa shape index (κ1) is 15.3. The molecule has 0 aliphatic carbocycles. The molecule has 0 fully saturated rings. The number of aryl methyl sites for hydroxylation is 4. The van der Waals surface area contributed by atoms with E-state index in [9.17, 15) is 5.11 Å². The maximum absolute atomic E-state index is 9.74. The SMILES string of the molecule is Cc1cc(C)c(-c2c(C)nn(-c3cccc(O)c3)c2C)c(C)c1. The number of rotatable bonds is 2. The number of hydrogen-bond donors (Lipinski definition) is 1. The normalized spacial score (nSPS) is 11.0. The zero-order chi connectivity index (χ0) is 16.7. The Hall–Kier alpha value is -2.55. The summed E-state index contributed by atoms with van der Waals surface area (Å²) in [6.07, 6.45) is 0. The van der Waals surface area contributed by atoms with Gasteiger partial charge in [0.25, 0.3) is 0 Å². The van der Waals surface area contributed by atoms with Gasteiger partial charge in [-0.15, -0.1) is 0 Å². The molecule has 1 aromatic heterocycles. The van der Waals surface area contributed by atoms with E-state index in [4.69, 9.17) is 5.10 Å². The highest BCUT2D eigenvalue weighted by Crippen LogP contribution is 2.34. The molecule has 3 rings (SSSR count). The number of aromatic nitrogens is 2. The maximum atomic E-state index is 9.74. The largest absolute Gasteiger partial charge is 0.508 e. The minimum atomic E-state index is 0.249. The topological polar surface area (TPSA) is 38.0 Å².